The molecule has 1 rings (SSSR count). The van der Waals surface area contributed by atoms with Crippen molar-refractivity contribution in [2.45, 2.75) is 274 Å². The molecule has 0 heterocycles. The summed E-state index contributed by atoms with van der Waals surface area (Å²) in [6.07, 6.45) is 31.6. The number of esters is 2. The minimum Gasteiger partial charge on any atom is -0.490 e. The first-order chi connectivity index (χ1) is 34.8. The number of hydrogen-bond donors (Lipinski definition) is 2. The van der Waals surface area contributed by atoms with Crippen molar-refractivity contribution in [3.63, 3.8) is 0 Å². The summed E-state index contributed by atoms with van der Waals surface area (Å²) in [4.78, 5) is 68.0. The lowest BCUT2D eigenvalue weighted by molar-refractivity contribution is -0.165. The van der Waals surface area contributed by atoms with Crippen molar-refractivity contribution in [3.8, 4) is 5.75 Å². The van der Waals surface area contributed by atoms with E-state index in [0.29, 0.717) is 18.8 Å². The molecule has 0 bridgehead atoms. The zero-order valence-corrected chi connectivity index (χ0v) is 48.8. The molecule has 11 nitrogen and oxygen atoms in total. The van der Waals surface area contributed by atoms with Crippen molar-refractivity contribution in [1.29, 1.82) is 0 Å². The van der Waals surface area contributed by atoms with E-state index < -0.39 is 40.1 Å². The first-order valence-corrected chi connectivity index (χ1v) is 29.5. The monoisotopic (exact) mass is 1030 g/mol. The molecule has 11 heteroatoms. The highest BCUT2D eigenvalue weighted by Gasteiger charge is 2.47. The number of aryl methyl sites for hydroxylation is 1. The summed E-state index contributed by atoms with van der Waals surface area (Å²) in [6, 6.07) is 7.91. The topological polar surface area (TPSA) is 146 Å². The molecule has 422 valence electrons. The third kappa shape index (κ3) is 33.2. The third-order valence-corrected chi connectivity index (χ3v) is 14.1. The van der Waals surface area contributed by atoms with Crippen molar-refractivity contribution in [2.75, 3.05) is 33.0 Å². The van der Waals surface area contributed by atoms with Gasteiger partial charge in [-0.1, -0.05) is 168 Å². The number of unbranched alkanes of at least 4 members (excludes halogenated alkanes) is 21. The molecular weight excluding hydrogens is 917 g/mol. The van der Waals surface area contributed by atoms with Gasteiger partial charge in [-0.3, -0.25) is 24.0 Å². The van der Waals surface area contributed by atoms with Gasteiger partial charge in [-0.25, -0.2) is 0 Å². The third-order valence-electron chi connectivity index (χ3n) is 14.1. The smallest absolute Gasteiger partial charge is 0.311 e. The summed E-state index contributed by atoms with van der Waals surface area (Å²) in [5, 5.41) is 6.04. The molecule has 0 aliphatic carbocycles. The molecule has 1 aromatic carbocycles. The fourth-order valence-electron chi connectivity index (χ4n) is 10.2. The molecule has 0 saturated carbocycles. The van der Waals surface area contributed by atoms with E-state index in [1.807, 2.05) is 46.8 Å². The van der Waals surface area contributed by atoms with E-state index in [0.717, 1.165) is 19.3 Å². The van der Waals surface area contributed by atoms with Gasteiger partial charge in [0.1, 0.15) is 31.4 Å². The quantitative estimate of drug-likeness (QED) is 0.0481. The fourth-order valence-corrected chi connectivity index (χ4v) is 10.2. The van der Waals surface area contributed by atoms with Crippen LogP contribution in [0.3, 0.4) is 0 Å². The number of ketones is 1. The van der Waals surface area contributed by atoms with E-state index in [2.05, 4.69) is 36.6 Å². The Bertz CT molecular complexity index is 1630. The molecule has 0 aliphatic rings. The lowest BCUT2D eigenvalue weighted by Gasteiger charge is -2.37. The van der Waals surface area contributed by atoms with Crippen LogP contribution >= 0.6 is 0 Å². The maximum absolute atomic E-state index is 14.4. The number of carbonyl (C=O) groups is 5. The van der Waals surface area contributed by atoms with Crippen LogP contribution in [0.2, 0.25) is 0 Å². The van der Waals surface area contributed by atoms with E-state index in [1.54, 1.807) is 20.8 Å². The second kappa shape index (κ2) is 39.9. The number of Topliss-reactive ketones (excluding diaryl/α,β-unsaturated/α-hetero) is 1. The van der Waals surface area contributed by atoms with E-state index >= 15 is 0 Å². The normalized spacial score (nSPS) is 13.5. The highest BCUT2D eigenvalue weighted by Crippen LogP contribution is 2.42. The average molecular weight is 1030 g/mol. The van der Waals surface area contributed by atoms with E-state index in [9.17, 15) is 24.0 Å². The molecule has 0 radical (unpaired) electrons. The molecule has 0 aromatic heterocycles. The van der Waals surface area contributed by atoms with Crippen molar-refractivity contribution in [1.82, 2.24) is 10.6 Å². The molecule has 0 fully saturated rings. The van der Waals surface area contributed by atoms with Crippen molar-refractivity contribution < 1.29 is 42.9 Å². The summed E-state index contributed by atoms with van der Waals surface area (Å²) in [7, 11) is 0. The van der Waals surface area contributed by atoms with Gasteiger partial charge in [0, 0.05) is 36.4 Å². The van der Waals surface area contributed by atoms with Gasteiger partial charge in [0.2, 0.25) is 11.8 Å². The van der Waals surface area contributed by atoms with Crippen LogP contribution in [-0.4, -0.2) is 74.2 Å². The highest BCUT2D eigenvalue weighted by molar-refractivity contribution is 5.85. The molecule has 2 N–H and O–H groups in total. The molecule has 73 heavy (non-hydrogen) atoms. The zero-order valence-electron chi connectivity index (χ0n) is 48.8. The first-order valence-electron chi connectivity index (χ1n) is 29.5. The van der Waals surface area contributed by atoms with Gasteiger partial charge in [0.15, 0.2) is 0 Å². The minimum atomic E-state index is -1.33. The van der Waals surface area contributed by atoms with Gasteiger partial charge in [-0.05, 0) is 118 Å². The Balaban J connectivity index is 2.93. The van der Waals surface area contributed by atoms with E-state index in [-0.39, 0.29) is 75.8 Å². The Hall–Kier alpha value is -3.47. The summed E-state index contributed by atoms with van der Waals surface area (Å²) < 4.78 is 23.6. The van der Waals surface area contributed by atoms with Gasteiger partial charge < -0.3 is 29.6 Å². The number of carbonyl (C=O) groups excluding carboxylic acids is 5. The summed E-state index contributed by atoms with van der Waals surface area (Å²) >= 11 is 0. The standard InChI is InChI=1S/C62H110N2O9/c1-12-15-17-19-21-22-23-24-25-26-27-28-29-31-33-35-41-70-42-43-73-59(69)62(11,48-54(56(66)63-50(4)5)46-53(14-3)57(67)64-61(9,10)47-51(6)65)49-60(7,8)58(68)72-45-44-71-55-39-37-52(38-40-55)36-34-32-30-20-18-16-13-2/h37-40,50,53-54H,12-36,41-49H2,1-11H3,(H,63,66)(H,64,67). The minimum absolute atomic E-state index is 0.0205. The van der Waals surface area contributed by atoms with Crippen LogP contribution in [0.1, 0.15) is 262 Å². The van der Waals surface area contributed by atoms with Gasteiger partial charge >= 0.3 is 11.9 Å². The van der Waals surface area contributed by atoms with E-state index in [1.165, 1.54) is 147 Å². The molecule has 2 amide bonds. The van der Waals surface area contributed by atoms with Crippen LogP contribution in [0, 0.1) is 22.7 Å². The fraction of sp³-hybridized carbons (Fsp3) is 0.823. The van der Waals surface area contributed by atoms with Crippen LogP contribution in [0.5, 0.6) is 5.75 Å². The van der Waals surface area contributed by atoms with Crippen LogP contribution < -0.4 is 15.4 Å². The lowest BCUT2D eigenvalue weighted by atomic mass is 9.68. The predicted octanol–water partition coefficient (Wildman–Crippen LogP) is 15.0. The highest BCUT2D eigenvalue weighted by atomic mass is 16.6. The van der Waals surface area contributed by atoms with Crippen LogP contribution in [0.15, 0.2) is 24.3 Å². The van der Waals surface area contributed by atoms with Gasteiger partial charge in [0.25, 0.3) is 0 Å². The van der Waals surface area contributed by atoms with Crippen molar-refractivity contribution in [2.24, 2.45) is 22.7 Å². The number of nitrogens with one attached hydrogen (secondary N) is 2. The average Bonchev–Trinajstić information content (AvgIpc) is 3.32. The summed E-state index contributed by atoms with van der Waals surface area (Å²) in [5.41, 5.74) is -1.98. The molecule has 0 aliphatic heterocycles. The lowest BCUT2D eigenvalue weighted by Crippen LogP contribution is -2.48. The number of ether oxygens (including phenoxy) is 4. The Morgan fingerprint density at radius 3 is 1.52 bits per heavy atom. The molecule has 3 unspecified atom stereocenters. The summed E-state index contributed by atoms with van der Waals surface area (Å²) in [6.45, 7) is 21.5. The maximum Gasteiger partial charge on any atom is 0.311 e. The Morgan fingerprint density at radius 1 is 0.548 bits per heavy atom. The predicted molar refractivity (Wildman–Crippen MR) is 300 cm³/mol. The van der Waals surface area contributed by atoms with Gasteiger partial charge in [-0.2, -0.15) is 0 Å². The van der Waals surface area contributed by atoms with Gasteiger partial charge in [-0.15, -0.1) is 0 Å². The number of amides is 2. The molecule has 0 spiro atoms. The first kappa shape index (κ1) is 67.5. The summed E-state index contributed by atoms with van der Waals surface area (Å²) in [5.74, 6) is -2.27. The van der Waals surface area contributed by atoms with Crippen LogP contribution in [0.25, 0.3) is 0 Å². The second-order valence-electron chi connectivity index (χ2n) is 23.3. The molecule has 1 aromatic rings. The molecular formula is C62H110N2O9. The van der Waals surface area contributed by atoms with Crippen LogP contribution in [0.4, 0.5) is 0 Å². The van der Waals surface area contributed by atoms with Crippen LogP contribution in [-0.2, 0) is 44.6 Å². The maximum atomic E-state index is 14.4. The number of benzene rings is 1. The van der Waals surface area contributed by atoms with E-state index in [4.69, 9.17) is 18.9 Å². The Labute approximate surface area is 446 Å². The SMILES string of the molecule is CCCCCCCCCCCCCCCCCCOCCOC(=O)C(C)(CC(CC(CC)C(=O)NC(C)(C)CC(C)=O)C(=O)NC(C)C)CC(C)(C)C(=O)OCCOc1ccc(CCCCCCCCC)cc1. The van der Waals surface area contributed by atoms with Gasteiger partial charge in [0.05, 0.1) is 17.4 Å². The number of hydrogen-bond acceptors (Lipinski definition) is 9. The van der Waals surface area contributed by atoms with Crippen molar-refractivity contribution >= 4 is 29.5 Å². The second-order valence-corrected chi connectivity index (χ2v) is 23.3. The zero-order chi connectivity index (χ0) is 54.4. The Morgan fingerprint density at radius 2 is 1.03 bits per heavy atom. The molecule has 3 atom stereocenters. The number of rotatable bonds is 47. The molecule has 0 saturated heterocycles. The Kier molecular flexibility index (Phi) is 36.9. The van der Waals surface area contributed by atoms with Crippen molar-refractivity contribution in [3.05, 3.63) is 29.8 Å². The largest absolute Gasteiger partial charge is 0.490 e.